The predicted octanol–water partition coefficient (Wildman–Crippen LogP) is 2.28. The monoisotopic (exact) mass is 292 g/mol. The van der Waals surface area contributed by atoms with Crippen LogP contribution in [0.15, 0.2) is 18.3 Å². The summed E-state index contributed by atoms with van der Waals surface area (Å²) in [5, 5.41) is 0. The van der Waals surface area contributed by atoms with E-state index in [0.29, 0.717) is 24.5 Å². The van der Waals surface area contributed by atoms with Gasteiger partial charge in [0.1, 0.15) is 11.7 Å². The molecule has 0 unspecified atom stereocenters. The number of hydrogen-bond acceptors (Lipinski definition) is 5. The Morgan fingerprint density at radius 3 is 2.43 bits per heavy atom. The summed E-state index contributed by atoms with van der Waals surface area (Å²) >= 11 is 0. The van der Waals surface area contributed by atoms with Gasteiger partial charge in [-0.05, 0) is 33.8 Å². The fourth-order valence-corrected chi connectivity index (χ4v) is 1.82. The molecule has 1 saturated heterocycles. The van der Waals surface area contributed by atoms with Gasteiger partial charge in [0, 0.05) is 17.8 Å². The molecule has 0 bridgehead atoms. The minimum absolute atomic E-state index is 0.0335. The summed E-state index contributed by atoms with van der Waals surface area (Å²) in [6.07, 6.45) is 1.07. The number of rotatable bonds is 3. The minimum Gasteiger partial charge on any atom is -0.471 e. The number of likely N-dealkylation sites (tertiary alicyclic amines) is 1. The molecule has 0 aliphatic carbocycles. The van der Waals surface area contributed by atoms with Crippen LogP contribution in [0, 0.1) is 0 Å². The molecule has 1 aliphatic heterocycles. The van der Waals surface area contributed by atoms with Crippen molar-refractivity contribution in [2.75, 3.05) is 13.1 Å². The molecule has 1 aromatic rings. The van der Waals surface area contributed by atoms with Crippen molar-refractivity contribution in [1.82, 2.24) is 9.88 Å². The largest absolute Gasteiger partial charge is 0.471 e. The highest BCUT2D eigenvalue weighted by Gasteiger charge is 2.35. The Morgan fingerprint density at radius 1 is 1.29 bits per heavy atom. The van der Waals surface area contributed by atoms with Crippen LogP contribution in [0.4, 0.5) is 4.79 Å². The van der Waals surface area contributed by atoms with E-state index in [2.05, 4.69) is 4.98 Å². The number of aromatic nitrogens is 1. The van der Waals surface area contributed by atoms with Gasteiger partial charge in [-0.3, -0.25) is 4.79 Å². The van der Waals surface area contributed by atoms with E-state index >= 15 is 0 Å². The quantitative estimate of drug-likeness (QED) is 0.799. The third-order valence-electron chi connectivity index (χ3n) is 2.93. The lowest BCUT2D eigenvalue weighted by atomic mass is 10.1. The Bertz CT molecular complexity index is 528. The molecular weight excluding hydrogens is 272 g/mol. The van der Waals surface area contributed by atoms with Crippen molar-refractivity contribution in [2.45, 2.75) is 39.4 Å². The summed E-state index contributed by atoms with van der Waals surface area (Å²) in [7, 11) is 0. The molecule has 0 aromatic carbocycles. The highest BCUT2D eigenvalue weighted by Crippen LogP contribution is 2.19. The fraction of sp³-hybridized carbons (Fsp3) is 0.533. The van der Waals surface area contributed by atoms with Crippen LogP contribution in [0.5, 0.6) is 5.88 Å². The maximum absolute atomic E-state index is 11.8. The molecule has 6 nitrogen and oxygen atoms in total. The van der Waals surface area contributed by atoms with Crippen LogP contribution in [0.3, 0.4) is 0 Å². The lowest BCUT2D eigenvalue weighted by Gasteiger charge is -2.39. The standard InChI is InChI=1S/C15H20N2O4/c1-10(18)11-5-6-13(16-7-11)20-12-8-17(9-12)14(19)21-15(2,3)4/h5-7,12H,8-9H2,1-4H3. The number of nitrogens with zero attached hydrogens (tertiary/aromatic N) is 2. The number of carbonyl (C=O) groups is 2. The molecule has 1 fully saturated rings. The second-order valence-electron chi connectivity index (χ2n) is 6.07. The molecule has 0 radical (unpaired) electrons. The van der Waals surface area contributed by atoms with Crippen LogP contribution in [0.25, 0.3) is 0 Å². The van der Waals surface area contributed by atoms with Crippen LogP contribution in [-0.4, -0.2) is 46.6 Å². The first-order valence-electron chi connectivity index (χ1n) is 6.86. The molecule has 114 valence electrons. The number of pyridine rings is 1. The van der Waals surface area contributed by atoms with Crippen molar-refractivity contribution in [3.8, 4) is 5.88 Å². The molecule has 1 amide bonds. The van der Waals surface area contributed by atoms with Crippen LogP contribution in [0.2, 0.25) is 0 Å². The van der Waals surface area contributed by atoms with E-state index in [1.165, 1.54) is 13.1 Å². The molecule has 2 rings (SSSR count). The first kappa shape index (κ1) is 15.3. The molecule has 0 N–H and O–H groups in total. The van der Waals surface area contributed by atoms with Gasteiger partial charge in [0.25, 0.3) is 0 Å². The van der Waals surface area contributed by atoms with Crippen molar-refractivity contribution in [1.29, 1.82) is 0 Å². The molecule has 1 aromatic heterocycles. The van der Waals surface area contributed by atoms with Gasteiger partial charge in [-0.1, -0.05) is 0 Å². The van der Waals surface area contributed by atoms with Gasteiger partial charge in [0.05, 0.1) is 13.1 Å². The van der Waals surface area contributed by atoms with Gasteiger partial charge in [-0.25, -0.2) is 9.78 Å². The predicted molar refractivity (Wildman–Crippen MR) is 76.5 cm³/mol. The number of ether oxygens (including phenoxy) is 2. The van der Waals surface area contributed by atoms with Gasteiger partial charge in [-0.2, -0.15) is 0 Å². The van der Waals surface area contributed by atoms with Crippen molar-refractivity contribution in [3.63, 3.8) is 0 Å². The van der Waals surface area contributed by atoms with E-state index in [9.17, 15) is 9.59 Å². The maximum atomic E-state index is 11.8. The van der Waals surface area contributed by atoms with Gasteiger partial charge in [0.15, 0.2) is 5.78 Å². The summed E-state index contributed by atoms with van der Waals surface area (Å²) in [6, 6.07) is 3.34. The Balaban J connectivity index is 1.80. The van der Waals surface area contributed by atoms with Crippen LogP contribution >= 0.6 is 0 Å². The molecule has 1 aliphatic rings. The molecule has 0 spiro atoms. The lowest BCUT2D eigenvalue weighted by Crippen LogP contribution is -2.57. The summed E-state index contributed by atoms with van der Waals surface area (Å²) in [5.41, 5.74) is 0.0546. The van der Waals surface area contributed by atoms with Crippen molar-refractivity contribution < 1.29 is 19.1 Å². The van der Waals surface area contributed by atoms with E-state index in [-0.39, 0.29) is 18.0 Å². The Morgan fingerprint density at radius 2 is 1.95 bits per heavy atom. The Kier molecular flexibility index (Phi) is 4.16. The zero-order chi connectivity index (χ0) is 15.6. The summed E-state index contributed by atoms with van der Waals surface area (Å²) in [6.45, 7) is 7.94. The Hall–Kier alpha value is -2.11. The van der Waals surface area contributed by atoms with Gasteiger partial charge in [0.2, 0.25) is 5.88 Å². The van der Waals surface area contributed by atoms with Crippen molar-refractivity contribution >= 4 is 11.9 Å². The van der Waals surface area contributed by atoms with E-state index in [1.807, 2.05) is 20.8 Å². The van der Waals surface area contributed by atoms with Gasteiger partial charge >= 0.3 is 6.09 Å². The minimum atomic E-state index is -0.493. The highest BCUT2D eigenvalue weighted by molar-refractivity contribution is 5.93. The second kappa shape index (κ2) is 5.71. The van der Waals surface area contributed by atoms with E-state index in [4.69, 9.17) is 9.47 Å². The summed E-state index contributed by atoms with van der Waals surface area (Å²) in [4.78, 5) is 28.5. The fourth-order valence-electron chi connectivity index (χ4n) is 1.82. The maximum Gasteiger partial charge on any atom is 0.410 e. The Labute approximate surface area is 124 Å². The summed E-state index contributed by atoms with van der Waals surface area (Å²) in [5.74, 6) is 0.419. The zero-order valence-electron chi connectivity index (χ0n) is 12.8. The van der Waals surface area contributed by atoms with E-state index in [1.54, 1.807) is 17.0 Å². The SMILES string of the molecule is CC(=O)c1ccc(OC2CN(C(=O)OC(C)(C)C)C2)nc1. The number of amides is 1. The number of carbonyl (C=O) groups excluding carboxylic acids is 2. The van der Waals surface area contributed by atoms with E-state index in [0.717, 1.165) is 0 Å². The topological polar surface area (TPSA) is 68.7 Å². The number of hydrogen-bond donors (Lipinski definition) is 0. The lowest BCUT2D eigenvalue weighted by molar-refractivity contribution is -0.0232. The van der Waals surface area contributed by atoms with Gasteiger partial charge < -0.3 is 14.4 Å². The van der Waals surface area contributed by atoms with Crippen molar-refractivity contribution in [3.05, 3.63) is 23.9 Å². The van der Waals surface area contributed by atoms with Crippen LogP contribution < -0.4 is 4.74 Å². The number of Topliss-reactive ketones (excluding diaryl/α,β-unsaturated/α-hetero) is 1. The van der Waals surface area contributed by atoms with Crippen LogP contribution in [-0.2, 0) is 4.74 Å². The highest BCUT2D eigenvalue weighted by atomic mass is 16.6. The smallest absolute Gasteiger partial charge is 0.410 e. The second-order valence-corrected chi connectivity index (χ2v) is 6.07. The van der Waals surface area contributed by atoms with Crippen molar-refractivity contribution in [2.24, 2.45) is 0 Å². The zero-order valence-corrected chi connectivity index (χ0v) is 12.8. The summed E-state index contributed by atoms with van der Waals surface area (Å²) < 4.78 is 10.9. The average molecular weight is 292 g/mol. The third-order valence-corrected chi connectivity index (χ3v) is 2.93. The van der Waals surface area contributed by atoms with E-state index < -0.39 is 5.60 Å². The average Bonchev–Trinajstić information content (AvgIpc) is 2.31. The first-order chi connectivity index (χ1) is 9.74. The molecule has 0 saturated carbocycles. The molecule has 0 atom stereocenters. The third kappa shape index (κ3) is 4.18. The molecule has 2 heterocycles. The normalized spacial score (nSPS) is 15.3. The molecule has 6 heteroatoms. The molecular formula is C15H20N2O4. The molecule has 21 heavy (non-hydrogen) atoms. The van der Waals surface area contributed by atoms with Crippen LogP contribution in [0.1, 0.15) is 38.1 Å². The van der Waals surface area contributed by atoms with Gasteiger partial charge in [-0.15, -0.1) is 0 Å². The first-order valence-corrected chi connectivity index (χ1v) is 6.86. The number of ketones is 1.